The molecular formula is C7H5BrF3N. The molecule has 0 spiro atoms. The molecular weight excluding hydrogens is 235 g/mol. The SMILES string of the molecule is Cc1c(C(F)F)cc(Br)nc1F. The zero-order valence-electron chi connectivity index (χ0n) is 6.11. The Kier molecular flexibility index (Phi) is 2.72. The van der Waals surface area contributed by atoms with Gasteiger partial charge in [0.1, 0.15) is 4.60 Å². The van der Waals surface area contributed by atoms with E-state index >= 15 is 0 Å². The first-order valence-corrected chi connectivity index (χ1v) is 3.92. The molecule has 0 radical (unpaired) electrons. The molecule has 0 fully saturated rings. The second kappa shape index (κ2) is 3.43. The van der Waals surface area contributed by atoms with Gasteiger partial charge in [0.15, 0.2) is 0 Å². The Balaban J connectivity index is 3.28. The fourth-order valence-electron chi connectivity index (χ4n) is 0.792. The van der Waals surface area contributed by atoms with E-state index in [0.717, 1.165) is 6.07 Å². The highest BCUT2D eigenvalue weighted by Crippen LogP contribution is 2.25. The average Bonchev–Trinajstić information content (AvgIpc) is 1.96. The lowest BCUT2D eigenvalue weighted by atomic mass is 10.2. The van der Waals surface area contributed by atoms with Crippen molar-refractivity contribution in [2.24, 2.45) is 0 Å². The average molecular weight is 240 g/mol. The van der Waals surface area contributed by atoms with Crippen molar-refractivity contribution in [3.8, 4) is 0 Å². The van der Waals surface area contributed by atoms with E-state index in [9.17, 15) is 13.2 Å². The summed E-state index contributed by atoms with van der Waals surface area (Å²) in [7, 11) is 0. The molecule has 0 N–H and O–H groups in total. The van der Waals surface area contributed by atoms with Gasteiger partial charge in [-0.05, 0) is 28.9 Å². The van der Waals surface area contributed by atoms with Crippen molar-refractivity contribution in [3.05, 3.63) is 27.7 Å². The van der Waals surface area contributed by atoms with Crippen LogP contribution in [0.2, 0.25) is 0 Å². The van der Waals surface area contributed by atoms with E-state index in [1.54, 1.807) is 0 Å². The molecule has 0 aromatic carbocycles. The Hall–Kier alpha value is -0.580. The first-order chi connectivity index (χ1) is 5.52. The second-order valence-electron chi connectivity index (χ2n) is 2.25. The molecule has 0 bridgehead atoms. The smallest absolute Gasteiger partial charge is 0.212 e. The van der Waals surface area contributed by atoms with Gasteiger partial charge in [0.25, 0.3) is 6.43 Å². The summed E-state index contributed by atoms with van der Waals surface area (Å²) in [5.41, 5.74) is -0.428. The van der Waals surface area contributed by atoms with E-state index in [0.29, 0.717) is 0 Å². The van der Waals surface area contributed by atoms with Crippen molar-refractivity contribution in [1.82, 2.24) is 4.98 Å². The fourth-order valence-corrected chi connectivity index (χ4v) is 1.19. The minimum Gasteiger partial charge on any atom is -0.212 e. The summed E-state index contributed by atoms with van der Waals surface area (Å²) in [6.45, 7) is 1.27. The topological polar surface area (TPSA) is 12.9 Å². The molecule has 0 aliphatic heterocycles. The van der Waals surface area contributed by atoms with E-state index in [2.05, 4.69) is 20.9 Å². The maximum Gasteiger partial charge on any atom is 0.264 e. The quantitative estimate of drug-likeness (QED) is 0.686. The maximum atomic E-state index is 12.7. The number of aromatic nitrogens is 1. The molecule has 1 rings (SSSR count). The van der Waals surface area contributed by atoms with Crippen LogP contribution in [0.4, 0.5) is 13.2 Å². The first-order valence-electron chi connectivity index (χ1n) is 3.13. The van der Waals surface area contributed by atoms with Gasteiger partial charge in [-0.25, -0.2) is 13.8 Å². The third-order valence-corrected chi connectivity index (χ3v) is 1.86. The van der Waals surface area contributed by atoms with Crippen LogP contribution in [-0.4, -0.2) is 4.98 Å². The molecule has 0 aliphatic rings. The summed E-state index contributed by atoms with van der Waals surface area (Å²) in [6, 6.07) is 1.11. The molecule has 0 amide bonds. The van der Waals surface area contributed by atoms with Gasteiger partial charge in [-0.2, -0.15) is 4.39 Å². The summed E-state index contributed by atoms with van der Waals surface area (Å²) >= 11 is 2.83. The van der Waals surface area contributed by atoms with E-state index in [1.807, 2.05) is 0 Å². The van der Waals surface area contributed by atoms with Crippen molar-refractivity contribution in [2.75, 3.05) is 0 Å². The largest absolute Gasteiger partial charge is 0.264 e. The van der Waals surface area contributed by atoms with Crippen LogP contribution in [-0.2, 0) is 0 Å². The lowest BCUT2D eigenvalue weighted by Crippen LogP contribution is -1.97. The van der Waals surface area contributed by atoms with Crippen LogP contribution in [0.3, 0.4) is 0 Å². The van der Waals surface area contributed by atoms with Gasteiger partial charge in [0, 0.05) is 11.1 Å². The molecule has 1 nitrogen and oxygen atoms in total. The predicted octanol–water partition coefficient (Wildman–Crippen LogP) is 3.23. The molecule has 12 heavy (non-hydrogen) atoms. The van der Waals surface area contributed by atoms with Crippen LogP contribution in [0.1, 0.15) is 17.6 Å². The Labute approximate surface area is 75.7 Å². The van der Waals surface area contributed by atoms with Crippen LogP contribution in [0.15, 0.2) is 10.7 Å². The third kappa shape index (κ3) is 1.77. The summed E-state index contributed by atoms with van der Waals surface area (Å²) in [4.78, 5) is 3.33. The van der Waals surface area contributed by atoms with Gasteiger partial charge in [0.2, 0.25) is 5.95 Å². The Morgan fingerprint density at radius 3 is 2.58 bits per heavy atom. The zero-order chi connectivity index (χ0) is 9.30. The molecule has 0 atom stereocenters. The van der Waals surface area contributed by atoms with Gasteiger partial charge >= 0.3 is 0 Å². The first kappa shape index (κ1) is 9.51. The lowest BCUT2D eigenvalue weighted by molar-refractivity contribution is 0.149. The molecule has 0 saturated heterocycles. The summed E-state index contributed by atoms with van der Waals surface area (Å²) in [5.74, 6) is -0.861. The van der Waals surface area contributed by atoms with Gasteiger partial charge < -0.3 is 0 Å². The highest BCUT2D eigenvalue weighted by Gasteiger charge is 2.15. The third-order valence-electron chi connectivity index (χ3n) is 1.46. The minimum absolute atomic E-state index is 0.0842. The number of nitrogens with zero attached hydrogens (tertiary/aromatic N) is 1. The molecule has 0 aliphatic carbocycles. The number of halogens is 4. The number of hydrogen-bond donors (Lipinski definition) is 0. The number of pyridine rings is 1. The van der Waals surface area contributed by atoms with Crippen molar-refractivity contribution in [2.45, 2.75) is 13.3 Å². The van der Waals surface area contributed by atoms with E-state index in [1.165, 1.54) is 6.92 Å². The van der Waals surface area contributed by atoms with Crippen LogP contribution in [0, 0.1) is 12.9 Å². The molecule has 0 unspecified atom stereocenters. The second-order valence-corrected chi connectivity index (χ2v) is 3.06. The molecule has 0 saturated carbocycles. The van der Waals surface area contributed by atoms with Gasteiger partial charge in [0.05, 0.1) is 0 Å². The standard InChI is InChI=1S/C7H5BrF3N/c1-3-4(6(9)10)2-5(8)12-7(3)11/h2,6H,1H3. The number of rotatable bonds is 1. The Bertz CT molecular complexity index is 301. The highest BCUT2D eigenvalue weighted by atomic mass is 79.9. The monoisotopic (exact) mass is 239 g/mol. The van der Waals surface area contributed by atoms with Crippen molar-refractivity contribution < 1.29 is 13.2 Å². The van der Waals surface area contributed by atoms with Gasteiger partial charge in [-0.1, -0.05) is 0 Å². The van der Waals surface area contributed by atoms with Crippen molar-refractivity contribution in [3.63, 3.8) is 0 Å². The number of hydrogen-bond acceptors (Lipinski definition) is 1. The fraction of sp³-hybridized carbons (Fsp3) is 0.286. The Morgan fingerprint density at radius 1 is 1.50 bits per heavy atom. The molecule has 5 heteroatoms. The maximum absolute atomic E-state index is 12.7. The van der Waals surface area contributed by atoms with Crippen LogP contribution in [0.25, 0.3) is 0 Å². The summed E-state index contributed by atoms with van der Waals surface area (Å²) < 4.78 is 37.2. The van der Waals surface area contributed by atoms with Crippen molar-refractivity contribution >= 4 is 15.9 Å². The molecule has 1 aromatic rings. The highest BCUT2D eigenvalue weighted by molar-refractivity contribution is 9.10. The normalized spacial score (nSPS) is 10.8. The van der Waals surface area contributed by atoms with E-state index in [-0.39, 0.29) is 15.7 Å². The molecule has 66 valence electrons. The molecule has 1 aromatic heterocycles. The van der Waals surface area contributed by atoms with Crippen LogP contribution < -0.4 is 0 Å². The predicted molar refractivity (Wildman–Crippen MR) is 41.6 cm³/mol. The van der Waals surface area contributed by atoms with Gasteiger partial charge in [-0.3, -0.25) is 0 Å². The lowest BCUT2D eigenvalue weighted by Gasteiger charge is -2.04. The van der Waals surface area contributed by atoms with Crippen LogP contribution in [0.5, 0.6) is 0 Å². The number of alkyl halides is 2. The summed E-state index contributed by atoms with van der Waals surface area (Å²) in [5, 5.41) is 0. The molecule has 1 heterocycles. The zero-order valence-corrected chi connectivity index (χ0v) is 7.70. The minimum atomic E-state index is -2.67. The van der Waals surface area contributed by atoms with Crippen LogP contribution >= 0.6 is 15.9 Å². The van der Waals surface area contributed by atoms with Crippen molar-refractivity contribution in [1.29, 1.82) is 0 Å². The van der Waals surface area contributed by atoms with E-state index < -0.39 is 12.4 Å². The van der Waals surface area contributed by atoms with Gasteiger partial charge in [-0.15, -0.1) is 0 Å². The summed E-state index contributed by atoms with van der Waals surface area (Å²) in [6.07, 6.45) is -2.67. The Morgan fingerprint density at radius 2 is 2.08 bits per heavy atom. The van der Waals surface area contributed by atoms with E-state index in [4.69, 9.17) is 0 Å².